The second-order valence-electron chi connectivity index (χ2n) is 6.33. The lowest BCUT2D eigenvalue weighted by molar-refractivity contribution is 0.0955. The predicted octanol–water partition coefficient (Wildman–Crippen LogP) is 2.74. The molecule has 0 aliphatic heterocycles. The number of nitrogens with zero attached hydrogens (tertiary/aromatic N) is 2. The molecule has 3 rings (SSSR count). The second-order valence-corrected chi connectivity index (χ2v) is 8.01. The van der Waals surface area contributed by atoms with E-state index < -0.39 is 15.8 Å². The normalized spacial score (nSPS) is 10.7. The van der Waals surface area contributed by atoms with Crippen LogP contribution in [0.25, 0.3) is 0 Å². The van der Waals surface area contributed by atoms with E-state index in [1.54, 1.807) is 18.3 Å². The molecule has 1 amide bonds. The maximum absolute atomic E-state index is 13.0. The van der Waals surface area contributed by atoms with E-state index in [1.165, 1.54) is 24.3 Å². The minimum atomic E-state index is -3.87. The van der Waals surface area contributed by atoms with E-state index in [9.17, 15) is 17.6 Å². The standard InChI is InChI=1S/C21H18FN5O3S/c22-17-5-9-19(10-6-17)31(29,30)27-18-7-3-15(4-8-18)21(28)26-13-12-25-20-16(14-23)2-1-11-24-20/h1-11,27H,12-13H2,(H,24,25)(H,26,28). The molecule has 31 heavy (non-hydrogen) atoms. The molecule has 0 spiro atoms. The lowest BCUT2D eigenvalue weighted by Gasteiger charge is -2.10. The third-order valence-electron chi connectivity index (χ3n) is 4.15. The highest BCUT2D eigenvalue weighted by Crippen LogP contribution is 2.17. The summed E-state index contributed by atoms with van der Waals surface area (Å²) in [5.74, 6) is -0.427. The number of nitrogens with one attached hydrogen (secondary N) is 3. The molecule has 0 bridgehead atoms. The summed E-state index contributed by atoms with van der Waals surface area (Å²) in [7, 11) is -3.87. The van der Waals surface area contributed by atoms with E-state index in [0.717, 1.165) is 24.3 Å². The highest BCUT2D eigenvalue weighted by atomic mass is 32.2. The maximum atomic E-state index is 13.0. The van der Waals surface area contributed by atoms with Crippen molar-refractivity contribution in [2.24, 2.45) is 0 Å². The number of anilines is 2. The zero-order valence-electron chi connectivity index (χ0n) is 16.2. The summed E-state index contributed by atoms with van der Waals surface area (Å²) in [6.07, 6.45) is 1.56. The van der Waals surface area contributed by atoms with Gasteiger partial charge in [-0.25, -0.2) is 17.8 Å². The van der Waals surface area contributed by atoms with Gasteiger partial charge in [0.05, 0.1) is 10.5 Å². The van der Waals surface area contributed by atoms with Crippen LogP contribution in [0.4, 0.5) is 15.9 Å². The number of pyridine rings is 1. The third-order valence-corrected chi connectivity index (χ3v) is 5.55. The van der Waals surface area contributed by atoms with Crippen LogP contribution in [0.15, 0.2) is 71.8 Å². The number of benzene rings is 2. The Morgan fingerprint density at radius 3 is 2.42 bits per heavy atom. The number of nitriles is 1. The van der Waals surface area contributed by atoms with Crippen molar-refractivity contribution >= 4 is 27.4 Å². The molecule has 8 nitrogen and oxygen atoms in total. The summed E-state index contributed by atoms with van der Waals surface area (Å²) in [5, 5.41) is 14.7. The quantitative estimate of drug-likeness (QED) is 0.464. The molecule has 0 saturated heterocycles. The zero-order valence-corrected chi connectivity index (χ0v) is 17.0. The largest absolute Gasteiger partial charge is 0.367 e. The summed E-state index contributed by atoms with van der Waals surface area (Å²) >= 11 is 0. The van der Waals surface area contributed by atoms with Gasteiger partial charge in [0, 0.05) is 30.5 Å². The molecule has 2 aromatic carbocycles. The predicted molar refractivity (Wildman–Crippen MR) is 113 cm³/mol. The SMILES string of the molecule is N#Cc1cccnc1NCCNC(=O)c1ccc(NS(=O)(=O)c2ccc(F)cc2)cc1. The number of halogens is 1. The Morgan fingerprint density at radius 1 is 1.03 bits per heavy atom. The zero-order chi connectivity index (χ0) is 22.3. The number of carbonyl (C=O) groups excluding carboxylic acids is 1. The van der Waals surface area contributed by atoms with Crippen LogP contribution >= 0.6 is 0 Å². The fourth-order valence-electron chi connectivity index (χ4n) is 2.61. The molecule has 3 aromatic rings. The van der Waals surface area contributed by atoms with Crippen molar-refractivity contribution in [1.82, 2.24) is 10.3 Å². The summed E-state index contributed by atoms with van der Waals surface area (Å²) in [6.45, 7) is 0.659. The molecule has 158 valence electrons. The van der Waals surface area contributed by atoms with Crippen LogP contribution in [0, 0.1) is 17.1 Å². The summed E-state index contributed by atoms with van der Waals surface area (Å²) in [5.41, 5.74) is 1.02. The number of hydrogen-bond donors (Lipinski definition) is 3. The van der Waals surface area contributed by atoms with Crippen LogP contribution in [0.3, 0.4) is 0 Å². The van der Waals surface area contributed by atoms with Gasteiger partial charge in [-0.2, -0.15) is 5.26 Å². The first-order valence-electron chi connectivity index (χ1n) is 9.15. The summed E-state index contributed by atoms with van der Waals surface area (Å²) in [6, 6.07) is 15.7. The Hall–Kier alpha value is -3.97. The van der Waals surface area contributed by atoms with Crippen LogP contribution < -0.4 is 15.4 Å². The molecule has 0 unspecified atom stereocenters. The monoisotopic (exact) mass is 439 g/mol. The lowest BCUT2D eigenvalue weighted by Crippen LogP contribution is -2.29. The first-order valence-corrected chi connectivity index (χ1v) is 10.6. The van der Waals surface area contributed by atoms with Gasteiger partial charge in [-0.05, 0) is 60.7 Å². The molecule has 0 saturated carbocycles. The van der Waals surface area contributed by atoms with Crippen LogP contribution in [0.5, 0.6) is 0 Å². The van der Waals surface area contributed by atoms with E-state index in [-0.39, 0.29) is 16.5 Å². The fraction of sp³-hybridized carbons (Fsp3) is 0.0952. The smallest absolute Gasteiger partial charge is 0.261 e. The minimum absolute atomic E-state index is 0.0734. The van der Waals surface area contributed by atoms with E-state index >= 15 is 0 Å². The van der Waals surface area contributed by atoms with E-state index in [2.05, 4.69) is 20.3 Å². The van der Waals surface area contributed by atoms with Crippen LogP contribution in [-0.4, -0.2) is 32.4 Å². The van der Waals surface area contributed by atoms with Crippen LogP contribution in [0.2, 0.25) is 0 Å². The summed E-state index contributed by atoms with van der Waals surface area (Å²) < 4.78 is 40.0. The molecular formula is C21H18FN5O3S. The Balaban J connectivity index is 1.53. The minimum Gasteiger partial charge on any atom is -0.367 e. The van der Waals surface area contributed by atoms with Crippen molar-refractivity contribution in [2.45, 2.75) is 4.90 Å². The average molecular weight is 439 g/mol. The molecule has 10 heteroatoms. The number of amides is 1. The van der Waals surface area contributed by atoms with Crippen molar-refractivity contribution in [3.8, 4) is 6.07 Å². The van der Waals surface area contributed by atoms with Gasteiger partial charge in [0.2, 0.25) is 0 Å². The molecule has 3 N–H and O–H groups in total. The molecule has 0 aliphatic rings. The topological polar surface area (TPSA) is 124 Å². The molecule has 0 aliphatic carbocycles. The van der Waals surface area contributed by atoms with Crippen LogP contribution in [-0.2, 0) is 10.0 Å². The van der Waals surface area contributed by atoms with Gasteiger partial charge < -0.3 is 10.6 Å². The first-order chi connectivity index (χ1) is 14.9. The van der Waals surface area contributed by atoms with Gasteiger partial charge in [0.15, 0.2) is 0 Å². The summed E-state index contributed by atoms with van der Waals surface area (Å²) in [4.78, 5) is 16.2. The van der Waals surface area contributed by atoms with E-state index in [0.29, 0.717) is 30.0 Å². The molecule has 0 fully saturated rings. The van der Waals surface area contributed by atoms with Crippen molar-refractivity contribution in [1.29, 1.82) is 5.26 Å². The Bertz CT molecular complexity index is 1210. The Labute approximate surface area is 178 Å². The molecule has 1 aromatic heterocycles. The van der Waals surface area contributed by atoms with Crippen molar-refractivity contribution in [2.75, 3.05) is 23.1 Å². The lowest BCUT2D eigenvalue weighted by atomic mass is 10.2. The maximum Gasteiger partial charge on any atom is 0.261 e. The Kier molecular flexibility index (Phi) is 6.79. The van der Waals surface area contributed by atoms with Gasteiger partial charge in [-0.3, -0.25) is 9.52 Å². The molecule has 0 atom stereocenters. The van der Waals surface area contributed by atoms with Crippen molar-refractivity contribution in [3.63, 3.8) is 0 Å². The number of rotatable bonds is 8. The molecule has 1 heterocycles. The fourth-order valence-corrected chi connectivity index (χ4v) is 3.67. The molecular weight excluding hydrogens is 421 g/mol. The number of sulfonamides is 1. The third kappa shape index (κ3) is 5.77. The van der Waals surface area contributed by atoms with E-state index in [1.807, 2.05) is 6.07 Å². The van der Waals surface area contributed by atoms with Gasteiger partial charge in [0.1, 0.15) is 17.7 Å². The number of hydrogen-bond acceptors (Lipinski definition) is 6. The van der Waals surface area contributed by atoms with Crippen molar-refractivity contribution in [3.05, 3.63) is 83.8 Å². The van der Waals surface area contributed by atoms with Gasteiger partial charge >= 0.3 is 0 Å². The molecule has 0 radical (unpaired) electrons. The van der Waals surface area contributed by atoms with Gasteiger partial charge in [-0.15, -0.1) is 0 Å². The first kappa shape index (κ1) is 21.7. The van der Waals surface area contributed by atoms with Crippen molar-refractivity contribution < 1.29 is 17.6 Å². The van der Waals surface area contributed by atoms with Gasteiger partial charge in [-0.1, -0.05) is 0 Å². The number of carbonyl (C=O) groups is 1. The van der Waals surface area contributed by atoms with E-state index in [4.69, 9.17) is 5.26 Å². The highest BCUT2D eigenvalue weighted by molar-refractivity contribution is 7.92. The van der Waals surface area contributed by atoms with Crippen LogP contribution in [0.1, 0.15) is 15.9 Å². The Morgan fingerprint density at radius 2 is 1.74 bits per heavy atom. The second kappa shape index (κ2) is 9.69. The highest BCUT2D eigenvalue weighted by Gasteiger charge is 2.14. The average Bonchev–Trinajstić information content (AvgIpc) is 2.77. The van der Waals surface area contributed by atoms with Gasteiger partial charge in [0.25, 0.3) is 15.9 Å². The number of aromatic nitrogens is 1.